The molecule has 1 fully saturated rings. The first-order valence-corrected chi connectivity index (χ1v) is 10.5. The second-order valence-corrected chi connectivity index (χ2v) is 7.70. The number of hydrogen-bond acceptors (Lipinski definition) is 8. The van der Waals surface area contributed by atoms with Gasteiger partial charge in [0.25, 0.3) is 0 Å². The maximum atomic E-state index is 12.9. The second kappa shape index (κ2) is 8.67. The summed E-state index contributed by atoms with van der Waals surface area (Å²) >= 11 is 0. The Hall–Kier alpha value is -3.31. The van der Waals surface area contributed by atoms with Crippen molar-refractivity contribution in [2.45, 2.75) is 31.5 Å². The van der Waals surface area contributed by atoms with Crippen molar-refractivity contribution in [2.24, 2.45) is 0 Å². The first kappa shape index (κ1) is 20.6. The van der Waals surface area contributed by atoms with Gasteiger partial charge in [-0.05, 0) is 36.6 Å². The molecular formula is C21H24FN7O3. The summed E-state index contributed by atoms with van der Waals surface area (Å²) in [6.45, 7) is 0.0367. The third-order valence-corrected chi connectivity index (χ3v) is 5.67. The fraction of sp³-hybridized carbons (Fsp3) is 0.429. The molecule has 1 saturated carbocycles. The van der Waals surface area contributed by atoms with Gasteiger partial charge in [0.05, 0.1) is 38.5 Å². The number of anilines is 1. The topological polar surface area (TPSA) is 112 Å². The lowest BCUT2D eigenvalue weighted by molar-refractivity contribution is -0.0196. The van der Waals surface area contributed by atoms with Crippen molar-refractivity contribution < 1.29 is 19.0 Å². The summed E-state index contributed by atoms with van der Waals surface area (Å²) in [5, 5.41) is 24.9. The van der Waals surface area contributed by atoms with E-state index in [-0.39, 0.29) is 25.3 Å². The Balaban J connectivity index is 1.43. The first-order valence-electron chi connectivity index (χ1n) is 10.5. The van der Waals surface area contributed by atoms with Crippen molar-refractivity contribution in [3.05, 3.63) is 30.5 Å². The predicted molar refractivity (Wildman–Crippen MR) is 116 cm³/mol. The molecule has 1 aromatic carbocycles. The van der Waals surface area contributed by atoms with Gasteiger partial charge in [0, 0.05) is 17.8 Å². The highest BCUT2D eigenvalue weighted by atomic mass is 19.1. The minimum atomic E-state index is -0.509. The fourth-order valence-electron chi connectivity index (χ4n) is 4.03. The molecule has 32 heavy (non-hydrogen) atoms. The van der Waals surface area contributed by atoms with Crippen LogP contribution in [-0.4, -0.2) is 73.8 Å². The molecule has 0 saturated heterocycles. The van der Waals surface area contributed by atoms with Gasteiger partial charge in [-0.15, -0.1) is 10.2 Å². The third kappa shape index (κ3) is 3.73. The maximum Gasteiger partial charge on any atom is 0.244 e. The molecule has 10 nitrogen and oxygen atoms in total. The third-order valence-electron chi connectivity index (χ3n) is 5.67. The summed E-state index contributed by atoms with van der Waals surface area (Å²) in [5.74, 6) is 0.924. The SMILES string of the molecule is COc1nc(N[C@H]2C[C@@H](OCCO)C2)nn2ccc(-c3ccc4nnn(CCF)c4c3)c12. The van der Waals surface area contributed by atoms with E-state index >= 15 is 0 Å². The quantitative estimate of drug-likeness (QED) is 0.406. The van der Waals surface area contributed by atoms with Gasteiger partial charge in [-0.3, -0.25) is 0 Å². The number of rotatable bonds is 9. The van der Waals surface area contributed by atoms with Gasteiger partial charge in [-0.25, -0.2) is 13.6 Å². The van der Waals surface area contributed by atoms with Gasteiger partial charge in [-0.1, -0.05) is 11.3 Å². The summed E-state index contributed by atoms with van der Waals surface area (Å²) in [5.41, 5.74) is 4.01. The lowest BCUT2D eigenvalue weighted by Gasteiger charge is -2.35. The van der Waals surface area contributed by atoms with Crippen molar-refractivity contribution in [3.63, 3.8) is 0 Å². The van der Waals surface area contributed by atoms with E-state index in [0.717, 1.165) is 35.0 Å². The molecule has 0 unspecified atom stereocenters. The Kier molecular flexibility index (Phi) is 5.58. The number of methoxy groups -OCH3 is 1. The molecule has 5 rings (SSSR count). The number of ether oxygens (including phenoxy) is 2. The molecule has 168 valence electrons. The molecule has 0 spiro atoms. The predicted octanol–water partition coefficient (Wildman–Crippen LogP) is 2.07. The van der Waals surface area contributed by atoms with Gasteiger partial charge in [0.1, 0.15) is 17.7 Å². The first-order chi connectivity index (χ1) is 15.7. The van der Waals surface area contributed by atoms with Crippen LogP contribution >= 0.6 is 0 Å². The van der Waals surface area contributed by atoms with E-state index < -0.39 is 6.67 Å². The van der Waals surface area contributed by atoms with Crippen LogP contribution in [0.4, 0.5) is 10.3 Å². The highest BCUT2D eigenvalue weighted by Crippen LogP contribution is 2.33. The summed E-state index contributed by atoms with van der Waals surface area (Å²) in [6, 6.07) is 7.90. The lowest BCUT2D eigenvalue weighted by atomic mass is 9.89. The number of halogens is 1. The summed E-state index contributed by atoms with van der Waals surface area (Å²) in [7, 11) is 1.58. The molecule has 0 bridgehead atoms. The van der Waals surface area contributed by atoms with Crippen molar-refractivity contribution >= 4 is 22.5 Å². The molecule has 4 aromatic rings. The van der Waals surface area contributed by atoms with Crippen LogP contribution in [0.1, 0.15) is 12.8 Å². The van der Waals surface area contributed by atoms with E-state index in [1.165, 1.54) is 0 Å². The Morgan fingerprint density at radius 3 is 2.94 bits per heavy atom. The Morgan fingerprint density at radius 1 is 1.28 bits per heavy atom. The number of fused-ring (bicyclic) bond motifs is 2. The van der Waals surface area contributed by atoms with Crippen molar-refractivity contribution in [3.8, 4) is 17.0 Å². The number of aliphatic hydroxyl groups is 1. The van der Waals surface area contributed by atoms with E-state index in [2.05, 4.69) is 25.7 Å². The van der Waals surface area contributed by atoms with Crippen LogP contribution in [0.25, 0.3) is 27.7 Å². The monoisotopic (exact) mass is 441 g/mol. The van der Waals surface area contributed by atoms with E-state index in [1.807, 2.05) is 30.5 Å². The molecule has 0 aliphatic heterocycles. The average molecular weight is 441 g/mol. The summed E-state index contributed by atoms with van der Waals surface area (Å²) in [4.78, 5) is 4.56. The Morgan fingerprint density at radius 2 is 2.16 bits per heavy atom. The molecule has 0 radical (unpaired) electrons. The van der Waals surface area contributed by atoms with Crippen LogP contribution in [0.15, 0.2) is 30.5 Å². The number of aryl methyl sites for hydroxylation is 1. The number of benzene rings is 1. The van der Waals surface area contributed by atoms with Crippen LogP contribution in [0.2, 0.25) is 0 Å². The van der Waals surface area contributed by atoms with Crippen molar-refractivity contribution in [2.75, 3.05) is 32.3 Å². The van der Waals surface area contributed by atoms with Crippen molar-refractivity contribution in [1.82, 2.24) is 29.6 Å². The van der Waals surface area contributed by atoms with Gasteiger partial charge in [0.15, 0.2) is 0 Å². The highest BCUT2D eigenvalue weighted by Gasteiger charge is 2.30. The van der Waals surface area contributed by atoms with Gasteiger partial charge >= 0.3 is 0 Å². The number of alkyl halides is 1. The molecule has 2 N–H and O–H groups in total. The zero-order valence-corrected chi connectivity index (χ0v) is 17.6. The average Bonchev–Trinajstić information content (AvgIpc) is 3.39. The molecule has 1 aliphatic rings. The number of aliphatic hydroxyl groups excluding tert-OH is 1. The van der Waals surface area contributed by atoms with Crippen LogP contribution in [0.5, 0.6) is 5.88 Å². The molecule has 3 aromatic heterocycles. The van der Waals surface area contributed by atoms with E-state index in [4.69, 9.17) is 14.6 Å². The molecule has 0 amide bonds. The maximum absolute atomic E-state index is 12.9. The normalized spacial score (nSPS) is 18.2. The minimum Gasteiger partial charge on any atom is -0.479 e. The van der Waals surface area contributed by atoms with E-state index in [0.29, 0.717) is 24.0 Å². The number of aromatic nitrogens is 6. The lowest BCUT2D eigenvalue weighted by Crippen LogP contribution is -2.41. The molecular weight excluding hydrogens is 417 g/mol. The van der Waals surface area contributed by atoms with Crippen LogP contribution in [0.3, 0.4) is 0 Å². The second-order valence-electron chi connectivity index (χ2n) is 7.70. The number of nitrogens with zero attached hydrogens (tertiary/aromatic N) is 6. The largest absolute Gasteiger partial charge is 0.479 e. The highest BCUT2D eigenvalue weighted by molar-refractivity contribution is 5.89. The van der Waals surface area contributed by atoms with Crippen LogP contribution in [0, 0.1) is 0 Å². The fourth-order valence-corrected chi connectivity index (χ4v) is 4.03. The summed E-state index contributed by atoms with van der Waals surface area (Å²) < 4.78 is 27.3. The summed E-state index contributed by atoms with van der Waals surface area (Å²) in [6.07, 6.45) is 3.68. The van der Waals surface area contributed by atoms with Gasteiger partial charge in [-0.2, -0.15) is 4.98 Å². The van der Waals surface area contributed by atoms with E-state index in [1.54, 1.807) is 16.3 Å². The van der Waals surface area contributed by atoms with Crippen LogP contribution in [-0.2, 0) is 11.3 Å². The Labute approximate surface area is 183 Å². The standard InChI is InChI=1S/C21H24FN7O3/c1-31-20-19-16(13-2-3-17-18(10-13)28(7-5-22)27-25-17)4-6-29(19)26-21(24-20)23-14-11-15(12-14)32-9-8-30/h2-4,6,10,14-15,30H,5,7-9,11-12H2,1H3,(H,23,26)/t14-,15+. The smallest absolute Gasteiger partial charge is 0.244 e. The van der Waals surface area contributed by atoms with Crippen LogP contribution < -0.4 is 10.1 Å². The molecule has 3 heterocycles. The number of hydrogen-bond donors (Lipinski definition) is 2. The van der Waals surface area contributed by atoms with E-state index in [9.17, 15) is 4.39 Å². The zero-order chi connectivity index (χ0) is 22.1. The Bertz CT molecular complexity index is 1240. The minimum absolute atomic E-state index is 0.0309. The molecule has 0 atom stereocenters. The van der Waals surface area contributed by atoms with Crippen molar-refractivity contribution in [1.29, 1.82) is 0 Å². The number of nitrogens with one attached hydrogen (secondary N) is 1. The molecule has 1 aliphatic carbocycles. The molecule has 11 heteroatoms. The van der Waals surface area contributed by atoms with Gasteiger partial charge in [0.2, 0.25) is 11.8 Å². The zero-order valence-electron chi connectivity index (χ0n) is 17.6. The van der Waals surface area contributed by atoms with Gasteiger partial charge < -0.3 is 19.9 Å².